The second-order valence-corrected chi connectivity index (χ2v) is 7.87. The van der Waals surface area contributed by atoms with Gasteiger partial charge in [-0.05, 0) is 42.0 Å². The molecule has 2 atom stereocenters. The molecule has 0 aliphatic carbocycles. The molecule has 5 rings (SSSR count). The molecule has 0 N–H and O–H groups in total. The summed E-state index contributed by atoms with van der Waals surface area (Å²) in [5, 5.41) is 0. The third-order valence-electron chi connectivity index (χ3n) is 5.80. The van der Waals surface area contributed by atoms with Crippen molar-refractivity contribution in [3.8, 4) is 5.75 Å². The first kappa shape index (κ1) is 18.1. The molecule has 4 heteroatoms. The summed E-state index contributed by atoms with van der Waals surface area (Å²) in [6.45, 7) is 6.09. The highest BCUT2D eigenvalue weighted by Gasteiger charge is 2.35. The number of carbonyl (C=O) groups excluding carboxylic acids is 1. The Hall–Kier alpha value is -2.33. The van der Waals surface area contributed by atoms with Gasteiger partial charge in [-0.3, -0.25) is 9.69 Å². The van der Waals surface area contributed by atoms with E-state index >= 15 is 0 Å². The van der Waals surface area contributed by atoms with E-state index in [0.717, 1.165) is 31.9 Å². The average Bonchev–Trinajstić information content (AvgIpc) is 3.00. The Labute approximate surface area is 161 Å². The van der Waals surface area contributed by atoms with Crippen molar-refractivity contribution < 1.29 is 9.53 Å². The van der Waals surface area contributed by atoms with Gasteiger partial charge < -0.3 is 9.64 Å². The van der Waals surface area contributed by atoms with E-state index in [-0.39, 0.29) is 5.91 Å². The van der Waals surface area contributed by atoms with Crippen LogP contribution in [0.15, 0.2) is 54.6 Å². The highest BCUT2D eigenvalue weighted by molar-refractivity contribution is 5.73. The van der Waals surface area contributed by atoms with E-state index in [1.807, 2.05) is 29.2 Å². The van der Waals surface area contributed by atoms with Gasteiger partial charge in [-0.15, -0.1) is 0 Å². The molecule has 0 saturated carbocycles. The Kier molecular flexibility index (Phi) is 5.44. The standard InChI is InChI=1S/C23H28N2O2/c1-18(26)24-14-21-10-11-22(16-24)25(15-21)13-20-8-5-9-23(12-20)27-17-19-6-3-2-4-7-19/h2-9,12,21-22H,10-11,13-17H2,1H3/t21-,22+/m0/s1. The van der Waals surface area contributed by atoms with Gasteiger partial charge in [0.25, 0.3) is 0 Å². The number of ether oxygens (including phenoxy) is 1. The van der Waals surface area contributed by atoms with Crippen LogP contribution in [0.1, 0.15) is 30.9 Å². The second-order valence-electron chi connectivity index (χ2n) is 7.87. The number of fused-ring (bicyclic) bond motifs is 4. The first-order valence-electron chi connectivity index (χ1n) is 9.92. The van der Waals surface area contributed by atoms with Crippen molar-refractivity contribution in [3.05, 3.63) is 65.7 Å². The minimum absolute atomic E-state index is 0.213. The quantitative estimate of drug-likeness (QED) is 0.811. The van der Waals surface area contributed by atoms with Crippen molar-refractivity contribution in [2.24, 2.45) is 5.92 Å². The molecule has 3 heterocycles. The highest BCUT2D eigenvalue weighted by Crippen LogP contribution is 2.29. The first-order chi connectivity index (χ1) is 13.2. The summed E-state index contributed by atoms with van der Waals surface area (Å²) in [6, 6.07) is 19.2. The second kappa shape index (κ2) is 8.13. The molecule has 0 unspecified atom stereocenters. The van der Waals surface area contributed by atoms with Gasteiger partial charge in [0.1, 0.15) is 12.4 Å². The lowest BCUT2D eigenvalue weighted by Gasteiger charge is -2.36. The summed E-state index contributed by atoms with van der Waals surface area (Å²) in [6.07, 6.45) is 2.43. The fourth-order valence-corrected chi connectivity index (χ4v) is 4.34. The molecule has 0 radical (unpaired) electrons. The first-order valence-corrected chi connectivity index (χ1v) is 9.92. The number of hydrogen-bond donors (Lipinski definition) is 0. The Bertz CT molecular complexity index is 777. The molecule has 0 spiro atoms. The largest absolute Gasteiger partial charge is 0.489 e. The molecular formula is C23H28N2O2. The molecule has 2 aromatic rings. The number of amides is 1. The Morgan fingerprint density at radius 3 is 2.63 bits per heavy atom. The molecule has 142 valence electrons. The topological polar surface area (TPSA) is 32.8 Å². The lowest BCUT2D eigenvalue weighted by atomic mass is 9.94. The minimum Gasteiger partial charge on any atom is -0.489 e. The lowest BCUT2D eigenvalue weighted by molar-refractivity contribution is -0.129. The van der Waals surface area contributed by atoms with Crippen molar-refractivity contribution >= 4 is 5.91 Å². The summed E-state index contributed by atoms with van der Waals surface area (Å²) >= 11 is 0. The Morgan fingerprint density at radius 2 is 1.81 bits per heavy atom. The molecule has 0 aromatic heterocycles. The van der Waals surface area contributed by atoms with E-state index in [1.165, 1.54) is 24.0 Å². The maximum absolute atomic E-state index is 11.9. The van der Waals surface area contributed by atoms with Crippen LogP contribution in [0.4, 0.5) is 0 Å². The third kappa shape index (κ3) is 4.51. The van der Waals surface area contributed by atoms with Gasteiger partial charge in [-0.1, -0.05) is 42.5 Å². The Balaban J connectivity index is 1.40. The van der Waals surface area contributed by atoms with E-state index < -0.39 is 0 Å². The molecule has 27 heavy (non-hydrogen) atoms. The van der Waals surface area contributed by atoms with Gasteiger partial charge in [-0.2, -0.15) is 0 Å². The van der Waals surface area contributed by atoms with Gasteiger partial charge in [0.05, 0.1) is 0 Å². The zero-order valence-electron chi connectivity index (χ0n) is 16.0. The van der Waals surface area contributed by atoms with Gasteiger partial charge in [0.15, 0.2) is 0 Å². The molecule has 2 bridgehead atoms. The zero-order chi connectivity index (χ0) is 18.6. The van der Waals surface area contributed by atoms with Crippen LogP contribution in [-0.4, -0.2) is 41.4 Å². The molecule has 3 saturated heterocycles. The van der Waals surface area contributed by atoms with Crippen molar-refractivity contribution in [2.45, 2.75) is 39.0 Å². The highest BCUT2D eigenvalue weighted by atomic mass is 16.5. The summed E-state index contributed by atoms with van der Waals surface area (Å²) in [7, 11) is 0. The molecule has 3 fully saturated rings. The van der Waals surface area contributed by atoms with Crippen LogP contribution in [-0.2, 0) is 17.9 Å². The average molecular weight is 364 g/mol. The maximum atomic E-state index is 11.9. The van der Waals surface area contributed by atoms with E-state index in [0.29, 0.717) is 18.6 Å². The van der Waals surface area contributed by atoms with Crippen LogP contribution in [0.5, 0.6) is 5.75 Å². The molecule has 4 nitrogen and oxygen atoms in total. The van der Waals surface area contributed by atoms with Crippen molar-refractivity contribution in [3.63, 3.8) is 0 Å². The number of rotatable bonds is 5. The fraction of sp³-hybridized carbons (Fsp3) is 0.435. The maximum Gasteiger partial charge on any atom is 0.219 e. The number of carbonyl (C=O) groups is 1. The normalized spacial score (nSPS) is 22.5. The minimum atomic E-state index is 0.213. The van der Waals surface area contributed by atoms with Crippen LogP contribution in [0, 0.1) is 5.92 Å². The number of hydrogen-bond acceptors (Lipinski definition) is 3. The number of nitrogens with zero attached hydrogens (tertiary/aromatic N) is 2. The van der Waals surface area contributed by atoms with Crippen LogP contribution >= 0.6 is 0 Å². The van der Waals surface area contributed by atoms with E-state index in [9.17, 15) is 4.79 Å². The van der Waals surface area contributed by atoms with E-state index in [1.54, 1.807) is 6.92 Å². The van der Waals surface area contributed by atoms with Crippen LogP contribution in [0.25, 0.3) is 0 Å². The molecule has 1 amide bonds. The van der Waals surface area contributed by atoms with E-state index in [4.69, 9.17) is 4.74 Å². The molecule has 3 aliphatic heterocycles. The van der Waals surface area contributed by atoms with Crippen molar-refractivity contribution in [1.82, 2.24) is 9.80 Å². The van der Waals surface area contributed by atoms with Gasteiger partial charge >= 0.3 is 0 Å². The zero-order valence-corrected chi connectivity index (χ0v) is 16.0. The van der Waals surface area contributed by atoms with Crippen LogP contribution in [0.3, 0.4) is 0 Å². The third-order valence-corrected chi connectivity index (χ3v) is 5.80. The van der Waals surface area contributed by atoms with E-state index in [2.05, 4.69) is 35.2 Å². The SMILES string of the molecule is CC(=O)N1C[C@@H]2CC[C@H](C1)N(Cc1cccc(OCc3ccccc3)c1)C2. The molecular weight excluding hydrogens is 336 g/mol. The van der Waals surface area contributed by atoms with Gasteiger partial charge in [0.2, 0.25) is 5.91 Å². The monoisotopic (exact) mass is 364 g/mol. The van der Waals surface area contributed by atoms with Crippen LogP contribution < -0.4 is 4.74 Å². The van der Waals surface area contributed by atoms with Crippen molar-refractivity contribution in [2.75, 3.05) is 19.6 Å². The van der Waals surface area contributed by atoms with Gasteiger partial charge in [0, 0.05) is 39.1 Å². The summed E-state index contributed by atoms with van der Waals surface area (Å²) in [5.41, 5.74) is 2.46. The summed E-state index contributed by atoms with van der Waals surface area (Å²) in [4.78, 5) is 16.5. The summed E-state index contributed by atoms with van der Waals surface area (Å²) in [5.74, 6) is 1.73. The predicted molar refractivity (Wildman–Crippen MR) is 106 cm³/mol. The number of benzene rings is 2. The smallest absolute Gasteiger partial charge is 0.219 e. The molecule has 3 aliphatic rings. The Morgan fingerprint density at radius 1 is 1.00 bits per heavy atom. The number of piperidine rings is 1. The summed E-state index contributed by atoms with van der Waals surface area (Å²) < 4.78 is 5.99. The van der Waals surface area contributed by atoms with Crippen LogP contribution in [0.2, 0.25) is 0 Å². The predicted octanol–water partition coefficient (Wildman–Crippen LogP) is 3.71. The van der Waals surface area contributed by atoms with Crippen molar-refractivity contribution in [1.29, 1.82) is 0 Å². The van der Waals surface area contributed by atoms with Gasteiger partial charge in [-0.25, -0.2) is 0 Å². The fourth-order valence-electron chi connectivity index (χ4n) is 4.34. The lowest BCUT2D eigenvalue weighted by Crippen LogP contribution is -2.43. The molecule has 2 aromatic carbocycles.